The Morgan fingerprint density at radius 1 is 1.06 bits per heavy atom. The van der Waals surface area contributed by atoms with Gasteiger partial charge >= 0.3 is 0 Å². The van der Waals surface area contributed by atoms with Gasteiger partial charge in [0.05, 0.1) is 0 Å². The molecule has 1 N–H and O–H groups in total. The molecule has 2 fully saturated rings. The van der Waals surface area contributed by atoms with Crippen molar-refractivity contribution in [1.82, 2.24) is 15.2 Å². The van der Waals surface area contributed by atoms with Gasteiger partial charge in [-0.2, -0.15) is 8.42 Å². The van der Waals surface area contributed by atoms with Crippen LogP contribution in [0.15, 0.2) is 51.9 Å². The zero-order valence-electron chi connectivity index (χ0n) is 18.4. The molecule has 8 nitrogen and oxygen atoms in total. The second-order valence-electron chi connectivity index (χ2n) is 8.86. The van der Waals surface area contributed by atoms with Crippen LogP contribution in [0.3, 0.4) is 0 Å². The molecule has 0 radical (unpaired) electrons. The van der Waals surface area contributed by atoms with E-state index < -0.39 is 10.0 Å². The number of pyridine rings is 1. The van der Waals surface area contributed by atoms with E-state index in [2.05, 4.69) is 14.7 Å². The van der Waals surface area contributed by atoms with E-state index in [1.54, 1.807) is 24.4 Å². The first-order chi connectivity index (χ1) is 16.0. The van der Waals surface area contributed by atoms with Gasteiger partial charge in [-0.05, 0) is 56.7 Å². The lowest BCUT2D eigenvalue weighted by atomic mass is 9.95. The number of nitrogens with zero attached hydrogens (tertiary/aromatic N) is 3. The van der Waals surface area contributed by atoms with Gasteiger partial charge in [0.1, 0.15) is 11.0 Å². The largest absolute Gasteiger partial charge is 0.474 e. The van der Waals surface area contributed by atoms with Crippen molar-refractivity contribution in [2.45, 2.75) is 56.1 Å². The standard InChI is InChI=1S/C24H28N4O4S/c29-23(26-16-18-6-5-13-25-24(18)32-19-7-1-2-8-19)17-11-14-28(15-12-17)22-20-9-3-4-10-21(20)33(30,31)27-22/h3-6,9-10,13,17,19H,1-2,7-8,11-12,14-16H2,(H,26,29). The molecular formula is C24H28N4O4S. The number of amides is 1. The maximum Gasteiger partial charge on any atom is 0.285 e. The summed E-state index contributed by atoms with van der Waals surface area (Å²) in [4.78, 5) is 19.4. The van der Waals surface area contributed by atoms with Crippen molar-refractivity contribution in [3.8, 4) is 5.88 Å². The highest BCUT2D eigenvalue weighted by Gasteiger charge is 2.34. The van der Waals surface area contributed by atoms with Crippen molar-refractivity contribution >= 4 is 21.8 Å². The highest BCUT2D eigenvalue weighted by molar-refractivity contribution is 7.90. The van der Waals surface area contributed by atoms with Gasteiger partial charge in [-0.3, -0.25) is 4.79 Å². The highest BCUT2D eigenvalue weighted by Crippen LogP contribution is 2.30. The number of carbonyl (C=O) groups excluding carboxylic acids is 1. The van der Waals surface area contributed by atoms with Crippen LogP contribution in [-0.4, -0.2) is 49.2 Å². The average molecular weight is 469 g/mol. The number of sulfonamides is 1. The highest BCUT2D eigenvalue weighted by atomic mass is 32.2. The van der Waals surface area contributed by atoms with Crippen molar-refractivity contribution in [1.29, 1.82) is 0 Å². The summed E-state index contributed by atoms with van der Waals surface area (Å²) in [5.41, 5.74) is 1.53. The zero-order chi connectivity index (χ0) is 22.8. The van der Waals surface area contributed by atoms with Crippen LogP contribution in [0.5, 0.6) is 5.88 Å². The lowest BCUT2D eigenvalue weighted by Crippen LogP contribution is -2.43. The maximum absolute atomic E-state index is 12.8. The second kappa shape index (κ2) is 9.13. The SMILES string of the molecule is O=C(NCc1cccnc1OC1CCCC1)C1CCN(C2=NS(=O)(=O)c3ccccc32)CC1. The fourth-order valence-corrected chi connectivity index (χ4v) is 6.05. The molecule has 174 valence electrons. The van der Waals surface area contributed by atoms with Crippen LogP contribution in [0.2, 0.25) is 0 Å². The Kier molecular flexibility index (Phi) is 6.05. The van der Waals surface area contributed by atoms with Crippen molar-refractivity contribution in [3.63, 3.8) is 0 Å². The number of benzene rings is 1. The van der Waals surface area contributed by atoms with Crippen molar-refractivity contribution in [3.05, 3.63) is 53.7 Å². The van der Waals surface area contributed by atoms with Crippen LogP contribution in [0.1, 0.15) is 49.7 Å². The molecule has 1 saturated carbocycles. The molecule has 0 atom stereocenters. The van der Waals surface area contributed by atoms with Gasteiger partial charge in [0.15, 0.2) is 5.84 Å². The molecule has 1 aromatic carbocycles. The van der Waals surface area contributed by atoms with Crippen LogP contribution in [0, 0.1) is 5.92 Å². The molecule has 2 aliphatic heterocycles. The number of hydrogen-bond acceptors (Lipinski definition) is 6. The van der Waals surface area contributed by atoms with Gasteiger partial charge in [0, 0.05) is 42.9 Å². The van der Waals surface area contributed by atoms with Crippen LogP contribution in [0.25, 0.3) is 0 Å². The maximum atomic E-state index is 12.8. The van der Waals surface area contributed by atoms with Crippen molar-refractivity contribution in [2.75, 3.05) is 13.1 Å². The third-order valence-electron chi connectivity index (χ3n) is 6.66. The van der Waals surface area contributed by atoms with Crippen LogP contribution >= 0.6 is 0 Å². The summed E-state index contributed by atoms with van der Waals surface area (Å²) in [5.74, 6) is 0.991. The molecular weight excluding hydrogens is 440 g/mol. The number of aromatic nitrogens is 1. The zero-order valence-corrected chi connectivity index (χ0v) is 19.3. The van der Waals surface area contributed by atoms with E-state index in [1.807, 2.05) is 23.1 Å². The minimum atomic E-state index is -3.64. The fraction of sp³-hybridized carbons (Fsp3) is 0.458. The van der Waals surface area contributed by atoms with Gasteiger partial charge in [0.2, 0.25) is 11.8 Å². The molecule has 0 spiro atoms. The summed E-state index contributed by atoms with van der Waals surface area (Å²) in [6.45, 7) is 1.56. The Morgan fingerprint density at radius 3 is 2.61 bits per heavy atom. The third-order valence-corrected chi connectivity index (χ3v) is 7.99. The van der Waals surface area contributed by atoms with Gasteiger partial charge in [-0.15, -0.1) is 4.40 Å². The topological polar surface area (TPSA) is 101 Å². The molecule has 1 aliphatic carbocycles. The predicted molar refractivity (Wildman–Crippen MR) is 123 cm³/mol. The van der Waals surface area contributed by atoms with E-state index in [-0.39, 0.29) is 22.8 Å². The first-order valence-corrected chi connectivity index (χ1v) is 13.0. The molecule has 1 amide bonds. The van der Waals surface area contributed by atoms with Crippen LogP contribution in [0.4, 0.5) is 0 Å². The number of ether oxygens (including phenoxy) is 1. The van der Waals surface area contributed by atoms with Gasteiger partial charge in [-0.25, -0.2) is 4.98 Å². The Bertz CT molecular complexity index is 1170. The molecule has 0 unspecified atom stereocenters. The lowest BCUT2D eigenvalue weighted by molar-refractivity contribution is -0.126. The Morgan fingerprint density at radius 2 is 1.82 bits per heavy atom. The van der Waals surface area contributed by atoms with Gasteiger partial charge < -0.3 is 15.0 Å². The number of hydrogen-bond donors (Lipinski definition) is 1. The second-order valence-corrected chi connectivity index (χ2v) is 10.4. The Balaban J connectivity index is 1.17. The smallest absolute Gasteiger partial charge is 0.285 e. The number of rotatable bonds is 5. The molecule has 1 saturated heterocycles. The molecule has 1 aromatic heterocycles. The van der Waals surface area contributed by atoms with Crippen LogP contribution < -0.4 is 10.1 Å². The monoisotopic (exact) mass is 468 g/mol. The third kappa shape index (κ3) is 4.59. The predicted octanol–water partition coefficient (Wildman–Crippen LogP) is 2.88. The molecule has 0 bridgehead atoms. The summed E-state index contributed by atoms with van der Waals surface area (Å²) >= 11 is 0. The number of likely N-dealkylation sites (tertiary alicyclic amines) is 1. The first-order valence-electron chi connectivity index (χ1n) is 11.6. The van der Waals surface area contributed by atoms with E-state index in [9.17, 15) is 13.2 Å². The lowest BCUT2D eigenvalue weighted by Gasteiger charge is -2.32. The average Bonchev–Trinajstić information content (AvgIpc) is 3.44. The molecule has 3 heterocycles. The molecule has 33 heavy (non-hydrogen) atoms. The van der Waals surface area contributed by atoms with E-state index in [0.717, 1.165) is 18.4 Å². The summed E-state index contributed by atoms with van der Waals surface area (Å²) in [5, 5.41) is 3.04. The molecule has 3 aliphatic rings. The number of fused-ring (bicyclic) bond motifs is 1. The first kappa shape index (κ1) is 21.9. The quantitative estimate of drug-likeness (QED) is 0.724. The normalized spacial score (nSPS) is 20.4. The summed E-state index contributed by atoms with van der Waals surface area (Å²) < 4.78 is 34.8. The van der Waals surface area contributed by atoms with Gasteiger partial charge in [-0.1, -0.05) is 18.2 Å². The van der Waals surface area contributed by atoms with Gasteiger partial charge in [0.25, 0.3) is 10.0 Å². The summed E-state index contributed by atoms with van der Waals surface area (Å²) in [7, 11) is -3.64. The Labute approximate surface area is 194 Å². The molecule has 9 heteroatoms. The number of piperidine rings is 1. The van der Waals surface area contributed by atoms with E-state index in [1.165, 1.54) is 12.8 Å². The van der Waals surface area contributed by atoms with E-state index in [4.69, 9.17) is 4.74 Å². The number of nitrogens with one attached hydrogen (secondary N) is 1. The van der Waals surface area contributed by atoms with Crippen molar-refractivity contribution in [2.24, 2.45) is 10.3 Å². The van der Waals surface area contributed by atoms with Crippen molar-refractivity contribution < 1.29 is 17.9 Å². The minimum Gasteiger partial charge on any atom is -0.474 e. The molecule has 5 rings (SSSR count). The molecule has 2 aromatic rings. The minimum absolute atomic E-state index is 0.00621. The fourth-order valence-electron chi connectivity index (χ4n) is 4.83. The number of amidine groups is 1. The van der Waals surface area contributed by atoms with Crippen LogP contribution in [-0.2, 0) is 21.4 Å². The van der Waals surface area contributed by atoms with E-state index >= 15 is 0 Å². The summed E-state index contributed by atoms with van der Waals surface area (Å²) in [6, 6.07) is 10.7. The summed E-state index contributed by atoms with van der Waals surface area (Å²) in [6.07, 6.45) is 7.70. The Hall–Kier alpha value is -2.94. The number of carbonyl (C=O) groups is 1. The van der Waals surface area contributed by atoms with E-state index in [0.29, 0.717) is 49.8 Å².